The van der Waals surface area contributed by atoms with Crippen LogP contribution in [0.2, 0.25) is 0 Å². The average molecular weight is 248 g/mol. The summed E-state index contributed by atoms with van der Waals surface area (Å²) in [6.45, 7) is 6.56. The van der Waals surface area contributed by atoms with Gasteiger partial charge in [0, 0.05) is 6.54 Å². The van der Waals surface area contributed by atoms with Crippen LogP contribution in [0.25, 0.3) is 0 Å². The monoisotopic (exact) mass is 248 g/mol. The molecule has 0 bridgehead atoms. The number of hydrogen-bond donors (Lipinski definition) is 2. The summed E-state index contributed by atoms with van der Waals surface area (Å²) in [5.41, 5.74) is 8.01. The molecule has 2 atom stereocenters. The second-order valence-corrected chi connectivity index (χ2v) is 4.81. The topological polar surface area (TPSA) is 55.1 Å². The summed E-state index contributed by atoms with van der Waals surface area (Å²) in [5.74, 6) is -0.00317. The van der Waals surface area contributed by atoms with E-state index in [1.807, 2.05) is 19.1 Å². The van der Waals surface area contributed by atoms with Crippen molar-refractivity contribution in [2.75, 3.05) is 6.54 Å². The fourth-order valence-corrected chi connectivity index (χ4v) is 2.19. The molecule has 0 radical (unpaired) electrons. The molecule has 0 saturated carbocycles. The second-order valence-electron chi connectivity index (χ2n) is 4.81. The molecule has 1 amide bonds. The number of hydrogen-bond acceptors (Lipinski definition) is 2. The SMILES string of the molecule is CCCC(CN)C(=O)NC(C)c1ccccc1C. The van der Waals surface area contributed by atoms with Gasteiger partial charge in [-0.25, -0.2) is 0 Å². The van der Waals surface area contributed by atoms with Crippen LogP contribution in [0.3, 0.4) is 0 Å². The van der Waals surface area contributed by atoms with Gasteiger partial charge in [-0.1, -0.05) is 37.6 Å². The Hall–Kier alpha value is -1.35. The van der Waals surface area contributed by atoms with Gasteiger partial charge in [-0.15, -0.1) is 0 Å². The fraction of sp³-hybridized carbons (Fsp3) is 0.533. The van der Waals surface area contributed by atoms with Crippen molar-refractivity contribution in [2.45, 2.75) is 39.7 Å². The second kappa shape index (κ2) is 7.17. The lowest BCUT2D eigenvalue weighted by atomic mass is 9.99. The molecule has 3 heteroatoms. The zero-order valence-electron chi connectivity index (χ0n) is 11.6. The van der Waals surface area contributed by atoms with E-state index in [1.54, 1.807) is 0 Å². The van der Waals surface area contributed by atoms with Crippen molar-refractivity contribution >= 4 is 5.91 Å². The highest BCUT2D eigenvalue weighted by Gasteiger charge is 2.18. The highest BCUT2D eigenvalue weighted by molar-refractivity contribution is 5.79. The number of nitrogens with one attached hydrogen (secondary N) is 1. The van der Waals surface area contributed by atoms with Gasteiger partial charge in [0.2, 0.25) is 5.91 Å². The van der Waals surface area contributed by atoms with Crippen LogP contribution in [0.4, 0.5) is 0 Å². The zero-order valence-corrected chi connectivity index (χ0v) is 11.6. The van der Waals surface area contributed by atoms with Crippen molar-refractivity contribution in [2.24, 2.45) is 11.7 Å². The minimum Gasteiger partial charge on any atom is -0.349 e. The highest BCUT2D eigenvalue weighted by atomic mass is 16.1. The summed E-state index contributed by atoms with van der Waals surface area (Å²) in [5, 5.41) is 3.05. The molecule has 0 aliphatic rings. The third-order valence-corrected chi connectivity index (χ3v) is 3.31. The van der Waals surface area contributed by atoms with Crippen molar-refractivity contribution in [3.8, 4) is 0 Å². The molecule has 0 fully saturated rings. The largest absolute Gasteiger partial charge is 0.349 e. The number of amides is 1. The first-order chi connectivity index (χ1) is 8.60. The Morgan fingerprint density at radius 1 is 1.39 bits per heavy atom. The maximum atomic E-state index is 12.1. The molecule has 0 heterocycles. The zero-order chi connectivity index (χ0) is 13.5. The fourth-order valence-electron chi connectivity index (χ4n) is 2.19. The van der Waals surface area contributed by atoms with Gasteiger partial charge in [0.15, 0.2) is 0 Å². The highest BCUT2D eigenvalue weighted by Crippen LogP contribution is 2.17. The van der Waals surface area contributed by atoms with E-state index in [0.717, 1.165) is 18.4 Å². The van der Waals surface area contributed by atoms with Crippen LogP contribution in [-0.2, 0) is 4.79 Å². The molecule has 1 aromatic carbocycles. The Morgan fingerprint density at radius 2 is 2.06 bits per heavy atom. The molecular weight excluding hydrogens is 224 g/mol. The van der Waals surface area contributed by atoms with E-state index in [0.29, 0.717) is 6.54 Å². The number of carbonyl (C=O) groups excluding carboxylic acids is 1. The van der Waals surface area contributed by atoms with Crippen LogP contribution >= 0.6 is 0 Å². The maximum Gasteiger partial charge on any atom is 0.224 e. The first-order valence-electron chi connectivity index (χ1n) is 6.66. The number of carbonyl (C=O) groups is 1. The van der Waals surface area contributed by atoms with E-state index in [2.05, 4.69) is 31.3 Å². The van der Waals surface area contributed by atoms with Crippen LogP contribution in [0.15, 0.2) is 24.3 Å². The molecule has 18 heavy (non-hydrogen) atoms. The molecule has 2 unspecified atom stereocenters. The van der Waals surface area contributed by atoms with E-state index in [9.17, 15) is 4.79 Å². The standard InChI is InChI=1S/C15H24N2O/c1-4-7-13(10-16)15(18)17-12(3)14-9-6-5-8-11(14)2/h5-6,8-9,12-13H,4,7,10,16H2,1-3H3,(H,17,18). The van der Waals surface area contributed by atoms with Crippen LogP contribution in [-0.4, -0.2) is 12.5 Å². The third-order valence-electron chi connectivity index (χ3n) is 3.31. The summed E-state index contributed by atoms with van der Waals surface area (Å²) < 4.78 is 0. The molecule has 3 N–H and O–H groups in total. The molecule has 1 aromatic rings. The van der Waals surface area contributed by atoms with Crippen molar-refractivity contribution in [3.05, 3.63) is 35.4 Å². The first kappa shape index (κ1) is 14.7. The smallest absolute Gasteiger partial charge is 0.224 e. The Balaban J connectivity index is 2.67. The number of nitrogens with two attached hydrogens (primary N) is 1. The van der Waals surface area contributed by atoms with Gasteiger partial charge in [0.1, 0.15) is 0 Å². The minimum atomic E-state index is -0.0681. The Morgan fingerprint density at radius 3 is 2.61 bits per heavy atom. The lowest BCUT2D eigenvalue weighted by molar-refractivity contribution is -0.125. The van der Waals surface area contributed by atoms with Crippen molar-refractivity contribution in [3.63, 3.8) is 0 Å². The predicted molar refractivity (Wildman–Crippen MR) is 75.2 cm³/mol. The molecule has 0 aromatic heterocycles. The number of rotatable bonds is 6. The Bertz CT molecular complexity index is 390. The molecule has 0 aliphatic carbocycles. The van der Waals surface area contributed by atoms with E-state index in [-0.39, 0.29) is 17.9 Å². The van der Waals surface area contributed by atoms with E-state index >= 15 is 0 Å². The predicted octanol–water partition coefficient (Wildman–Crippen LogP) is 2.55. The molecule has 0 saturated heterocycles. The van der Waals surface area contributed by atoms with Gasteiger partial charge in [0.05, 0.1) is 12.0 Å². The van der Waals surface area contributed by atoms with Gasteiger partial charge in [-0.05, 0) is 31.4 Å². The van der Waals surface area contributed by atoms with Gasteiger partial charge >= 0.3 is 0 Å². The number of benzene rings is 1. The molecule has 3 nitrogen and oxygen atoms in total. The molecule has 100 valence electrons. The van der Waals surface area contributed by atoms with E-state index in [4.69, 9.17) is 5.73 Å². The molecular formula is C15H24N2O. The Kier molecular flexibility index (Phi) is 5.86. The lowest BCUT2D eigenvalue weighted by Crippen LogP contribution is -2.36. The van der Waals surface area contributed by atoms with Crippen LogP contribution < -0.4 is 11.1 Å². The normalized spacial score (nSPS) is 14.0. The lowest BCUT2D eigenvalue weighted by Gasteiger charge is -2.20. The minimum absolute atomic E-state index is 0.0320. The summed E-state index contributed by atoms with van der Waals surface area (Å²) in [4.78, 5) is 12.1. The average Bonchev–Trinajstić information content (AvgIpc) is 2.36. The van der Waals surface area contributed by atoms with Crippen LogP contribution in [0.5, 0.6) is 0 Å². The van der Waals surface area contributed by atoms with Gasteiger partial charge in [-0.2, -0.15) is 0 Å². The van der Waals surface area contributed by atoms with Gasteiger partial charge in [-0.3, -0.25) is 4.79 Å². The quantitative estimate of drug-likeness (QED) is 0.813. The summed E-state index contributed by atoms with van der Waals surface area (Å²) in [7, 11) is 0. The van der Waals surface area contributed by atoms with Crippen molar-refractivity contribution < 1.29 is 4.79 Å². The van der Waals surface area contributed by atoms with Crippen LogP contribution in [0, 0.1) is 12.8 Å². The van der Waals surface area contributed by atoms with Crippen molar-refractivity contribution in [1.29, 1.82) is 0 Å². The molecule has 0 aliphatic heterocycles. The van der Waals surface area contributed by atoms with Crippen molar-refractivity contribution in [1.82, 2.24) is 5.32 Å². The Labute approximate surface area is 110 Å². The summed E-state index contributed by atoms with van der Waals surface area (Å²) >= 11 is 0. The number of aryl methyl sites for hydroxylation is 1. The van der Waals surface area contributed by atoms with Gasteiger partial charge < -0.3 is 11.1 Å². The van der Waals surface area contributed by atoms with E-state index < -0.39 is 0 Å². The summed E-state index contributed by atoms with van der Waals surface area (Å²) in [6, 6.07) is 8.15. The van der Waals surface area contributed by atoms with Gasteiger partial charge in [0.25, 0.3) is 0 Å². The van der Waals surface area contributed by atoms with E-state index in [1.165, 1.54) is 5.56 Å². The molecule has 1 rings (SSSR count). The molecule has 0 spiro atoms. The third kappa shape index (κ3) is 3.84. The summed E-state index contributed by atoms with van der Waals surface area (Å²) in [6.07, 6.45) is 1.83. The first-order valence-corrected chi connectivity index (χ1v) is 6.66. The maximum absolute atomic E-state index is 12.1. The van der Waals surface area contributed by atoms with Crippen LogP contribution in [0.1, 0.15) is 43.9 Å².